The van der Waals surface area contributed by atoms with E-state index in [1.54, 1.807) is 7.11 Å². The van der Waals surface area contributed by atoms with Crippen LogP contribution in [-0.2, 0) is 6.54 Å². The summed E-state index contributed by atoms with van der Waals surface area (Å²) in [6, 6.07) is 6.27. The molecule has 5 N–H and O–H groups in total. The van der Waals surface area contributed by atoms with Gasteiger partial charge in [-0.2, -0.15) is 16.7 Å². The van der Waals surface area contributed by atoms with Gasteiger partial charge in [-0.15, -0.1) is 0 Å². The van der Waals surface area contributed by atoms with Crippen molar-refractivity contribution >= 4 is 45.4 Å². The predicted octanol–water partition coefficient (Wildman–Crippen LogP) is 3.13. The van der Waals surface area contributed by atoms with Gasteiger partial charge in [-0.3, -0.25) is 9.36 Å². The third-order valence-electron chi connectivity index (χ3n) is 5.07. The Bertz CT molecular complexity index is 885. The lowest BCUT2D eigenvalue weighted by Gasteiger charge is -2.23. The maximum atomic E-state index is 13.0. The van der Waals surface area contributed by atoms with Crippen LogP contribution in [0.15, 0.2) is 22.7 Å². The number of methoxy groups -OCH3 is 1. The first-order valence-electron chi connectivity index (χ1n) is 10.6. The molecule has 0 atom stereocenters. The maximum absolute atomic E-state index is 13.0. The van der Waals surface area contributed by atoms with E-state index in [0.717, 1.165) is 40.1 Å². The number of ether oxygens (including phenoxy) is 1. The summed E-state index contributed by atoms with van der Waals surface area (Å²) < 4.78 is 8.18. The van der Waals surface area contributed by atoms with Gasteiger partial charge >= 0.3 is 0 Å². The highest BCUT2D eigenvalue weighted by Crippen LogP contribution is 2.29. The van der Waals surface area contributed by atoms with Crippen LogP contribution < -0.4 is 26.4 Å². The second kappa shape index (κ2) is 11.6. The SMILES string of the molecule is CCNC(=O)c1c(NCCN)nc(NC2CCSCC2)n1Cc1ccc(OC)c(Br)c1. The smallest absolute Gasteiger partial charge is 0.271 e. The molecule has 170 valence electrons. The molecule has 1 amide bonds. The van der Waals surface area contributed by atoms with Crippen LogP contribution in [0.5, 0.6) is 5.75 Å². The third kappa shape index (κ3) is 6.08. The predicted molar refractivity (Wildman–Crippen MR) is 132 cm³/mol. The summed E-state index contributed by atoms with van der Waals surface area (Å²) in [6.07, 6.45) is 2.15. The number of rotatable bonds is 10. The zero-order chi connectivity index (χ0) is 22.2. The van der Waals surface area contributed by atoms with E-state index in [4.69, 9.17) is 15.5 Å². The van der Waals surface area contributed by atoms with Crippen LogP contribution in [0.4, 0.5) is 11.8 Å². The van der Waals surface area contributed by atoms with E-state index in [1.807, 2.05) is 41.5 Å². The maximum Gasteiger partial charge on any atom is 0.271 e. The molecule has 1 aliphatic heterocycles. The van der Waals surface area contributed by atoms with Gasteiger partial charge in [0, 0.05) is 25.7 Å². The highest BCUT2D eigenvalue weighted by Gasteiger charge is 2.25. The van der Waals surface area contributed by atoms with Crippen LogP contribution in [0.3, 0.4) is 0 Å². The van der Waals surface area contributed by atoms with Crippen LogP contribution in [0, 0.1) is 0 Å². The summed E-state index contributed by atoms with van der Waals surface area (Å²) in [5.41, 5.74) is 7.23. The molecule has 31 heavy (non-hydrogen) atoms. The standard InChI is InChI=1S/C21H31BrN6O2S/c1-3-24-20(29)18-19(25-9-8-23)27-21(26-15-6-10-31-11-7-15)28(18)13-14-4-5-17(30-2)16(22)12-14/h4-5,12,15,25H,3,6-11,13,23H2,1-2H3,(H,24,29)(H,26,27). The van der Waals surface area contributed by atoms with E-state index >= 15 is 0 Å². The molecule has 1 fully saturated rings. The largest absolute Gasteiger partial charge is 0.496 e. The molecular formula is C21H31BrN6O2S. The zero-order valence-corrected chi connectivity index (χ0v) is 20.4. The molecule has 10 heteroatoms. The number of hydrogen-bond donors (Lipinski definition) is 4. The first-order chi connectivity index (χ1) is 15.1. The number of thioether (sulfide) groups is 1. The second-order valence-corrected chi connectivity index (χ2v) is 9.37. The third-order valence-corrected chi connectivity index (χ3v) is 6.74. The van der Waals surface area contributed by atoms with Gasteiger partial charge in [-0.05, 0) is 64.9 Å². The van der Waals surface area contributed by atoms with Crippen molar-refractivity contribution in [2.75, 3.05) is 48.9 Å². The highest BCUT2D eigenvalue weighted by atomic mass is 79.9. The number of nitrogens with zero attached hydrogens (tertiary/aromatic N) is 2. The Kier molecular flexibility index (Phi) is 8.91. The number of aromatic nitrogens is 2. The summed E-state index contributed by atoms with van der Waals surface area (Å²) in [5, 5.41) is 9.74. The molecule has 1 aliphatic rings. The quantitative estimate of drug-likeness (QED) is 0.389. The first-order valence-corrected chi connectivity index (χ1v) is 12.5. The normalized spacial score (nSPS) is 14.3. The molecule has 1 aromatic heterocycles. The van der Waals surface area contributed by atoms with Crippen molar-refractivity contribution in [3.05, 3.63) is 33.9 Å². The first kappa shape index (κ1) is 23.7. The van der Waals surface area contributed by atoms with E-state index in [1.165, 1.54) is 0 Å². The molecule has 0 saturated carbocycles. The second-order valence-electron chi connectivity index (χ2n) is 7.29. The molecule has 0 spiro atoms. The van der Waals surface area contributed by atoms with Crippen molar-refractivity contribution in [1.82, 2.24) is 14.9 Å². The van der Waals surface area contributed by atoms with Crippen LogP contribution in [0.2, 0.25) is 0 Å². The molecule has 8 nitrogen and oxygen atoms in total. The van der Waals surface area contributed by atoms with Gasteiger partial charge in [0.25, 0.3) is 5.91 Å². The number of halogens is 1. The Hall–Kier alpha value is -1.91. The fourth-order valence-electron chi connectivity index (χ4n) is 3.52. The lowest BCUT2D eigenvalue weighted by molar-refractivity contribution is 0.0948. The summed E-state index contributed by atoms with van der Waals surface area (Å²) in [6.45, 7) is 3.94. The van der Waals surface area contributed by atoms with Crippen molar-refractivity contribution in [2.45, 2.75) is 32.4 Å². The molecule has 0 bridgehead atoms. The monoisotopic (exact) mass is 510 g/mol. The van der Waals surface area contributed by atoms with Crippen LogP contribution in [0.25, 0.3) is 0 Å². The molecule has 1 saturated heterocycles. The molecule has 2 heterocycles. The van der Waals surface area contributed by atoms with Crippen LogP contribution >= 0.6 is 27.7 Å². The van der Waals surface area contributed by atoms with Crippen molar-refractivity contribution < 1.29 is 9.53 Å². The molecule has 0 radical (unpaired) electrons. The number of carbonyl (C=O) groups is 1. The fraction of sp³-hybridized carbons (Fsp3) is 0.524. The number of hydrogen-bond acceptors (Lipinski definition) is 7. The van der Waals surface area contributed by atoms with Gasteiger partial charge < -0.3 is 26.4 Å². The van der Waals surface area contributed by atoms with Crippen molar-refractivity contribution in [1.29, 1.82) is 0 Å². The number of carbonyl (C=O) groups excluding carboxylic acids is 1. The summed E-state index contributed by atoms with van der Waals surface area (Å²) in [7, 11) is 1.64. The Morgan fingerprint density at radius 1 is 1.39 bits per heavy atom. The Morgan fingerprint density at radius 3 is 2.81 bits per heavy atom. The van der Waals surface area contributed by atoms with E-state index in [9.17, 15) is 4.79 Å². The Labute approximate surface area is 196 Å². The van der Waals surface area contributed by atoms with Gasteiger partial charge in [0.15, 0.2) is 11.5 Å². The molecule has 3 rings (SSSR count). The molecule has 2 aromatic rings. The van der Waals surface area contributed by atoms with E-state index < -0.39 is 0 Å². The Morgan fingerprint density at radius 2 is 2.16 bits per heavy atom. The van der Waals surface area contributed by atoms with Crippen molar-refractivity contribution in [3.63, 3.8) is 0 Å². The number of nitrogens with one attached hydrogen (secondary N) is 3. The topological polar surface area (TPSA) is 106 Å². The average Bonchev–Trinajstić information content (AvgIpc) is 3.10. The van der Waals surface area contributed by atoms with E-state index in [-0.39, 0.29) is 5.91 Å². The lowest BCUT2D eigenvalue weighted by Crippen LogP contribution is -2.29. The average molecular weight is 511 g/mol. The fourth-order valence-corrected chi connectivity index (χ4v) is 5.22. The van der Waals surface area contributed by atoms with Gasteiger partial charge in [0.1, 0.15) is 5.75 Å². The molecule has 1 aromatic carbocycles. The number of amides is 1. The molecule has 0 unspecified atom stereocenters. The molecular weight excluding hydrogens is 480 g/mol. The number of nitrogens with two attached hydrogens (primary N) is 1. The van der Waals surface area contributed by atoms with Gasteiger partial charge in [-0.25, -0.2) is 0 Å². The van der Waals surface area contributed by atoms with E-state index in [2.05, 4.69) is 31.9 Å². The van der Waals surface area contributed by atoms with Gasteiger partial charge in [0.2, 0.25) is 5.95 Å². The van der Waals surface area contributed by atoms with Crippen molar-refractivity contribution in [2.24, 2.45) is 5.73 Å². The van der Waals surface area contributed by atoms with E-state index in [0.29, 0.717) is 49.7 Å². The number of imidazole rings is 1. The molecule has 0 aliphatic carbocycles. The highest BCUT2D eigenvalue weighted by molar-refractivity contribution is 9.10. The van der Waals surface area contributed by atoms with Gasteiger partial charge in [0.05, 0.1) is 18.1 Å². The van der Waals surface area contributed by atoms with Crippen LogP contribution in [0.1, 0.15) is 35.8 Å². The minimum Gasteiger partial charge on any atom is -0.496 e. The minimum atomic E-state index is -0.158. The number of benzene rings is 1. The summed E-state index contributed by atoms with van der Waals surface area (Å²) in [5.74, 6) is 4.12. The minimum absolute atomic E-state index is 0.158. The zero-order valence-electron chi connectivity index (χ0n) is 18.0. The van der Waals surface area contributed by atoms with Gasteiger partial charge in [-0.1, -0.05) is 6.07 Å². The summed E-state index contributed by atoms with van der Waals surface area (Å²) in [4.78, 5) is 17.8. The lowest BCUT2D eigenvalue weighted by atomic mass is 10.1. The number of anilines is 2. The van der Waals surface area contributed by atoms with Crippen LogP contribution in [-0.4, -0.2) is 59.7 Å². The van der Waals surface area contributed by atoms with Crippen molar-refractivity contribution in [3.8, 4) is 5.75 Å². The Balaban J connectivity index is 2.00. The summed E-state index contributed by atoms with van der Waals surface area (Å²) >= 11 is 5.53.